The standard InChI is InChI=1S/C24H20N6O2/c1-15-22(28-29-30(15)16-11-13-17(32-2)14-12-16)24(31)27-19-8-4-3-7-18(19)23-25-20-9-5-6-10-21(20)26-23/h3-14H,1-2H3,(H,25,26)(H,27,31). The van der Waals surface area contributed by atoms with Crippen LogP contribution in [-0.2, 0) is 0 Å². The van der Waals surface area contributed by atoms with Crippen molar-refractivity contribution in [1.29, 1.82) is 0 Å². The number of rotatable bonds is 5. The molecule has 0 radical (unpaired) electrons. The maximum Gasteiger partial charge on any atom is 0.278 e. The molecule has 2 heterocycles. The molecule has 8 nitrogen and oxygen atoms in total. The summed E-state index contributed by atoms with van der Waals surface area (Å²) in [5.74, 6) is 1.08. The van der Waals surface area contributed by atoms with E-state index in [1.165, 1.54) is 0 Å². The summed E-state index contributed by atoms with van der Waals surface area (Å²) in [5.41, 5.74) is 4.89. The van der Waals surface area contributed by atoms with Crippen molar-refractivity contribution in [2.45, 2.75) is 6.92 Å². The second-order valence-electron chi connectivity index (χ2n) is 7.24. The number of hydrogen-bond acceptors (Lipinski definition) is 5. The number of hydrogen-bond donors (Lipinski definition) is 2. The number of fused-ring (bicyclic) bond motifs is 1. The molecule has 158 valence electrons. The van der Waals surface area contributed by atoms with Crippen molar-refractivity contribution >= 4 is 22.6 Å². The summed E-state index contributed by atoms with van der Waals surface area (Å²) in [6.07, 6.45) is 0. The average Bonchev–Trinajstić information content (AvgIpc) is 3.43. The Hall–Kier alpha value is -4.46. The second kappa shape index (κ2) is 7.99. The quantitative estimate of drug-likeness (QED) is 0.436. The Kier molecular flexibility index (Phi) is 4.87. The number of methoxy groups -OCH3 is 1. The van der Waals surface area contributed by atoms with Crippen LogP contribution in [0.3, 0.4) is 0 Å². The van der Waals surface area contributed by atoms with Crippen LogP contribution in [0.4, 0.5) is 5.69 Å². The Labute approximate surface area is 183 Å². The van der Waals surface area contributed by atoms with Crippen molar-refractivity contribution in [3.8, 4) is 22.8 Å². The molecule has 0 bridgehead atoms. The Morgan fingerprint density at radius 1 is 1.00 bits per heavy atom. The van der Waals surface area contributed by atoms with Crippen molar-refractivity contribution in [3.05, 3.63) is 84.2 Å². The molecule has 2 aromatic heterocycles. The highest BCUT2D eigenvalue weighted by molar-refractivity contribution is 6.05. The Balaban J connectivity index is 1.44. The van der Waals surface area contributed by atoms with Gasteiger partial charge in [-0.15, -0.1) is 5.10 Å². The molecule has 0 unspecified atom stereocenters. The number of nitrogens with zero attached hydrogens (tertiary/aromatic N) is 4. The zero-order valence-electron chi connectivity index (χ0n) is 17.5. The summed E-state index contributed by atoms with van der Waals surface area (Å²) in [6.45, 7) is 1.81. The third kappa shape index (κ3) is 3.47. The zero-order valence-corrected chi connectivity index (χ0v) is 17.5. The van der Waals surface area contributed by atoms with Crippen LogP contribution in [-0.4, -0.2) is 38.0 Å². The SMILES string of the molecule is COc1ccc(-n2nnc(C(=O)Nc3ccccc3-c3nc4ccccc4[nH]3)c2C)cc1. The first-order chi connectivity index (χ1) is 15.6. The molecule has 0 aliphatic carbocycles. The number of aromatic amines is 1. The fourth-order valence-electron chi connectivity index (χ4n) is 3.57. The first-order valence-corrected chi connectivity index (χ1v) is 10.1. The van der Waals surface area contributed by atoms with Crippen molar-refractivity contribution in [2.75, 3.05) is 12.4 Å². The van der Waals surface area contributed by atoms with Crippen molar-refractivity contribution < 1.29 is 9.53 Å². The first-order valence-electron chi connectivity index (χ1n) is 10.1. The predicted octanol–water partition coefficient (Wildman–Crippen LogP) is 4.38. The van der Waals surface area contributed by atoms with Gasteiger partial charge in [-0.1, -0.05) is 29.5 Å². The summed E-state index contributed by atoms with van der Waals surface area (Å²) >= 11 is 0. The van der Waals surface area contributed by atoms with E-state index in [4.69, 9.17) is 4.74 Å². The van der Waals surface area contributed by atoms with E-state index >= 15 is 0 Å². The maximum absolute atomic E-state index is 13.1. The molecule has 1 amide bonds. The lowest BCUT2D eigenvalue weighted by molar-refractivity contribution is 0.102. The van der Waals surface area contributed by atoms with E-state index in [9.17, 15) is 4.79 Å². The van der Waals surface area contributed by atoms with E-state index < -0.39 is 0 Å². The number of carbonyl (C=O) groups excluding carboxylic acids is 1. The number of amides is 1. The summed E-state index contributed by atoms with van der Waals surface area (Å²) in [7, 11) is 1.61. The predicted molar refractivity (Wildman–Crippen MR) is 122 cm³/mol. The highest BCUT2D eigenvalue weighted by Crippen LogP contribution is 2.28. The molecule has 0 aliphatic heterocycles. The molecule has 0 saturated heterocycles. The lowest BCUT2D eigenvalue weighted by atomic mass is 10.1. The minimum absolute atomic E-state index is 0.250. The number of anilines is 1. The van der Waals surface area contributed by atoms with Gasteiger partial charge >= 0.3 is 0 Å². The van der Waals surface area contributed by atoms with E-state index in [1.54, 1.807) is 11.8 Å². The molecule has 0 atom stereocenters. The number of benzene rings is 3. The third-order valence-electron chi connectivity index (χ3n) is 5.25. The van der Waals surface area contributed by atoms with Crippen LogP contribution in [0.2, 0.25) is 0 Å². The number of aromatic nitrogens is 5. The topological polar surface area (TPSA) is 97.7 Å². The molecule has 2 N–H and O–H groups in total. The molecular weight excluding hydrogens is 404 g/mol. The van der Waals surface area contributed by atoms with Gasteiger partial charge in [-0.3, -0.25) is 4.79 Å². The Bertz CT molecular complexity index is 1390. The van der Waals surface area contributed by atoms with Gasteiger partial charge in [0.1, 0.15) is 11.6 Å². The van der Waals surface area contributed by atoms with Crippen LogP contribution >= 0.6 is 0 Å². The molecule has 0 aliphatic rings. The van der Waals surface area contributed by atoms with E-state index in [0.717, 1.165) is 28.0 Å². The fraction of sp³-hybridized carbons (Fsp3) is 0.0833. The van der Waals surface area contributed by atoms with Gasteiger partial charge in [-0.05, 0) is 55.5 Å². The van der Waals surface area contributed by atoms with E-state index in [-0.39, 0.29) is 11.6 Å². The summed E-state index contributed by atoms with van der Waals surface area (Å²) < 4.78 is 6.82. The molecule has 5 aromatic rings. The fourth-order valence-corrected chi connectivity index (χ4v) is 3.57. The van der Waals surface area contributed by atoms with Crippen LogP contribution < -0.4 is 10.1 Å². The van der Waals surface area contributed by atoms with Gasteiger partial charge in [-0.25, -0.2) is 9.67 Å². The van der Waals surface area contributed by atoms with Gasteiger partial charge in [0.2, 0.25) is 0 Å². The van der Waals surface area contributed by atoms with Gasteiger partial charge in [0.15, 0.2) is 5.69 Å². The van der Waals surface area contributed by atoms with Crippen LogP contribution in [0.15, 0.2) is 72.8 Å². The average molecular weight is 424 g/mol. The van der Waals surface area contributed by atoms with Crippen molar-refractivity contribution in [3.63, 3.8) is 0 Å². The number of ether oxygens (including phenoxy) is 1. The van der Waals surface area contributed by atoms with E-state index in [1.807, 2.05) is 79.7 Å². The lowest BCUT2D eigenvalue weighted by Gasteiger charge is -2.09. The number of para-hydroxylation sites is 3. The van der Waals surface area contributed by atoms with Crippen LogP contribution in [0.5, 0.6) is 5.75 Å². The first kappa shape index (κ1) is 19.5. The van der Waals surface area contributed by atoms with Crippen molar-refractivity contribution in [2.24, 2.45) is 0 Å². The monoisotopic (exact) mass is 424 g/mol. The molecule has 0 fully saturated rings. The summed E-state index contributed by atoms with van der Waals surface area (Å²) in [4.78, 5) is 21.0. The van der Waals surface area contributed by atoms with Gasteiger partial charge < -0.3 is 15.0 Å². The molecule has 0 saturated carbocycles. The van der Waals surface area contributed by atoms with E-state index in [0.29, 0.717) is 17.2 Å². The second-order valence-corrected chi connectivity index (χ2v) is 7.24. The lowest BCUT2D eigenvalue weighted by Crippen LogP contribution is -2.15. The van der Waals surface area contributed by atoms with Crippen LogP contribution in [0.25, 0.3) is 28.1 Å². The minimum Gasteiger partial charge on any atom is -0.497 e. The van der Waals surface area contributed by atoms with Crippen molar-refractivity contribution in [1.82, 2.24) is 25.0 Å². The smallest absolute Gasteiger partial charge is 0.278 e. The molecule has 3 aromatic carbocycles. The number of H-pyrrole nitrogens is 1. The number of nitrogens with one attached hydrogen (secondary N) is 2. The van der Waals surface area contributed by atoms with Gasteiger partial charge in [-0.2, -0.15) is 0 Å². The van der Waals surface area contributed by atoms with Gasteiger partial charge in [0, 0.05) is 5.56 Å². The Morgan fingerprint density at radius 3 is 2.53 bits per heavy atom. The minimum atomic E-state index is -0.342. The van der Waals surface area contributed by atoms with Crippen LogP contribution in [0.1, 0.15) is 16.2 Å². The molecule has 0 spiro atoms. The molecule has 8 heteroatoms. The molecule has 5 rings (SSSR count). The maximum atomic E-state index is 13.1. The number of carbonyl (C=O) groups is 1. The highest BCUT2D eigenvalue weighted by atomic mass is 16.5. The Morgan fingerprint density at radius 2 is 1.75 bits per heavy atom. The van der Waals surface area contributed by atoms with Crippen LogP contribution in [0, 0.1) is 6.92 Å². The summed E-state index contributed by atoms with van der Waals surface area (Å²) in [6, 6.07) is 22.7. The van der Waals surface area contributed by atoms with Gasteiger partial charge in [0.05, 0.1) is 35.2 Å². The molecular formula is C24H20N6O2. The largest absolute Gasteiger partial charge is 0.497 e. The highest BCUT2D eigenvalue weighted by Gasteiger charge is 2.19. The summed E-state index contributed by atoms with van der Waals surface area (Å²) in [5, 5.41) is 11.2. The zero-order chi connectivity index (χ0) is 22.1. The molecule has 32 heavy (non-hydrogen) atoms. The van der Waals surface area contributed by atoms with E-state index in [2.05, 4.69) is 25.6 Å². The third-order valence-corrected chi connectivity index (χ3v) is 5.25. The van der Waals surface area contributed by atoms with Gasteiger partial charge in [0.25, 0.3) is 5.91 Å². The normalized spacial score (nSPS) is 10.9. The number of imidazole rings is 1.